The number of esters is 2. The third-order valence-electron chi connectivity index (χ3n) is 1.57. The van der Waals surface area contributed by atoms with Crippen LogP contribution in [0.2, 0.25) is 0 Å². The lowest BCUT2D eigenvalue weighted by Gasteiger charge is -1.98. The van der Waals surface area contributed by atoms with Gasteiger partial charge in [-0.3, -0.25) is 9.59 Å². The molecule has 0 radical (unpaired) electrons. The van der Waals surface area contributed by atoms with Crippen LogP contribution in [-0.4, -0.2) is 25.7 Å². The van der Waals surface area contributed by atoms with Gasteiger partial charge < -0.3 is 9.47 Å². The van der Waals surface area contributed by atoms with Crippen molar-refractivity contribution >= 4 is 11.9 Å². The minimum atomic E-state index is -0.175. The molecule has 0 unspecified atom stereocenters. The highest BCUT2D eigenvalue weighted by Crippen LogP contribution is 1.93. The molecule has 90 valence electrons. The van der Waals surface area contributed by atoms with Crippen molar-refractivity contribution in [2.24, 2.45) is 0 Å². The summed E-state index contributed by atoms with van der Waals surface area (Å²) >= 11 is 0. The molecule has 0 rings (SSSR count). The molecule has 0 heterocycles. The number of rotatable bonds is 5. The molecule has 0 atom stereocenters. The topological polar surface area (TPSA) is 52.6 Å². The number of unbranched alkanes of at least 4 members (excludes halogenated alkanes) is 2. The summed E-state index contributed by atoms with van der Waals surface area (Å²) in [5, 5.41) is 0. The fourth-order valence-corrected chi connectivity index (χ4v) is 0.712. The Morgan fingerprint density at radius 2 is 1.73 bits per heavy atom. The van der Waals surface area contributed by atoms with E-state index in [1.165, 1.54) is 20.5 Å². The van der Waals surface area contributed by atoms with E-state index in [0.717, 1.165) is 12.8 Å². The summed E-state index contributed by atoms with van der Waals surface area (Å²) in [4.78, 5) is 20.1. The van der Waals surface area contributed by atoms with Crippen LogP contribution in [0.1, 0.15) is 46.5 Å². The predicted molar refractivity (Wildman–Crippen MR) is 58.5 cm³/mol. The lowest BCUT2D eigenvalue weighted by Crippen LogP contribution is -1.99. The molecule has 0 aliphatic carbocycles. The van der Waals surface area contributed by atoms with Crippen LogP contribution in [0.3, 0.4) is 0 Å². The van der Waals surface area contributed by atoms with Gasteiger partial charge in [-0.25, -0.2) is 0 Å². The van der Waals surface area contributed by atoms with E-state index in [4.69, 9.17) is 4.74 Å². The van der Waals surface area contributed by atoms with E-state index in [1.807, 2.05) is 0 Å². The van der Waals surface area contributed by atoms with E-state index in [-0.39, 0.29) is 11.9 Å². The first-order valence-corrected chi connectivity index (χ1v) is 5.28. The second-order valence-corrected chi connectivity index (χ2v) is 2.98. The minimum Gasteiger partial charge on any atom is -0.469 e. The van der Waals surface area contributed by atoms with Gasteiger partial charge >= 0.3 is 11.9 Å². The third kappa shape index (κ3) is 19.4. The number of carbonyl (C=O) groups is 2. The number of hydrogen-bond acceptors (Lipinski definition) is 4. The average Bonchev–Trinajstić information content (AvgIpc) is 2.24. The molecule has 0 N–H and O–H groups in total. The minimum absolute atomic E-state index is 0.157. The molecule has 0 saturated carbocycles. The number of carbonyl (C=O) groups excluding carboxylic acids is 2. The van der Waals surface area contributed by atoms with Crippen molar-refractivity contribution in [3.63, 3.8) is 0 Å². The van der Waals surface area contributed by atoms with E-state index in [0.29, 0.717) is 13.0 Å². The molecule has 4 heteroatoms. The van der Waals surface area contributed by atoms with Crippen LogP contribution < -0.4 is 0 Å². The van der Waals surface area contributed by atoms with E-state index in [9.17, 15) is 9.59 Å². The molecule has 0 aromatic heterocycles. The van der Waals surface area contributed by atoms with Crippen LogP contribution in [0, 0.1) is 0 Å². The highest BCUT2D eigenvalue weighted by molar-refractivity contribution is 5.68. The van der Waals surface area contributed by atoms with Gasteiger partial charge in [0.05, 0.1) is 13.7 Å². The van der Waals surface area contributed by atoms with Crippen LogP contribution in [0.25, 0.3) is 0 Å². The number of methoxy groups -OCH3 is 1. The SMILES string of the molecule is CCC(=O)OC.CCCCCOC(C)=O. The summed E-state index contributed by atoms with van der Waals surface area (Å²) in [5.74, 6) is -0.332. The summed E-state index contributed by atoms with van der Waals surface area (Å²) in [6.07, 6.45) is 3.78. The smallest absolute Gasteiger partial charge is 0.305 e. The fraction of sp³-hybridized carbons (Fsp3) is 0.818. The standard InChI is InChI=1S/C7H14O2.C4H8O2/c1-3-4-5-6-9-7(2)8;1-3-4(5)6-2/h3-6H2,1-2H3;3H2,1-2H3. The Hall–Kier alpha value is -1.06. The highest BCUT2D eigenvalue weighted by Gasteiger charge is 1.89. The molecular formula is C11H22O4. The Balaban J connectivity index is 0. The van der Waals surface area contributed by atoms with Crippen molar-refractivity contribution in [1.82, 2.24) is 0 Å². The van der Waals surface area contributed by atoms with Crippen LogP contribution in [0.4, 0.5) is 0 Å². The third-order valence-corrected chi connectivity index (χ3v) is 1.57. The van der Waals surface area contributed by atoms with E-state index < -0.39 is 0 Å². The molecular weight excluding hydrogens is 196 g/mol. The normalized spacial score (nSPS) is 8.53. The molecule has 0 aliphatic rings. The Morgan fingerprint density at radius 1 is 1.13 bits per heavy atom. The largest absolute Gasteiger partial charge is 0.469 e. The number of ether oxygens (including phenoxy) is 2. The Morgan fingerprint density at radius 3 is 2.00 bits per heavy atom. The van der Waals surface area contributed by atoms with Gasteiger partial charge in [0.15, 0.2) is 0 Å². The van der Waals surface area contributed by atoms with Crippen molar-refractivity contribution in [1.29, 1.82) is 0 Å². The van der Waals surface area contributed by atoms with Crippen LogP contribution in [0.15, 0.2) is 0 Å². The zero-order valence-electron chi connectivity index (χ0n) is 10.2. The maximum atomic E-state index is 10.2. The Bertz CT molecular complexity index is 160. The summed E-state index contributed by atoms with van der Waals surface area (Å²) in [6.45, 7) is 5.90. The van der Waals surface area contributed by atoms with E-state index >= 15 is 0 Å². The first-order valence-electron chi connectivity index (χ1n) is 5.28. The van der Waals surface area contributed by atoms with Gasteiger partial charge in [0.1, 0.15) is 0 Å². The van der Waals surface area contributed by atoms with Gasteiger partial charge in [-0.2, -0.15) is 0 Å². The van der Waals surface area contributed by atoms with Gasteiger partial charge in [0.25, 0.3) is 0 Å². The molecule has 0 aliphatic heterocycles. The Labute approximate surface area is 91.9 Å². The lowest BCUT2D eigenvalue weighted by molar-refractivity contribution is -0.141. The maximum Gasteiger partial charge on any atom is 0.305 e. The predicted octanol–water partition coefficient (Wildman–Crippen LogP) is 2.31. The monoisotopic (exact) mass is 218 g/mol. The molecule has 15 heavy (non-hydrogen) atoms. The van der Waals surface area contributed by atoms with Crippen molar-refractivity contribution in [3.8, 4) is 0 Å². The molecule has 4 nitrogen and oxygen atoms in total. The van der Waals surface area contributed by atoms with Gasteiger partial charge in [0, 0.05) is 13.3 Å². The Kier molecular flexibility index (Phi) is 14.1. The molecule has 0 saturated heterocycles. The quantitative estimate of drug-likeness (QED) is 0.525. The fourth-order valence-electron chi connectivity index (χ4n) is 0.712. The van der Waals surface area contributed by atoms with Crippen molar-refractivity contribution < 1.29 is 19.1 Å². The molecule has 0 aromatic carbocycles. The van der Waals surface area contributed by atoms with Crippen LogP contribution in [0.5, 0.6) is 0 Å². The van der Waals surface area contributed by atoms with Crippen LogP contribution in [-0.2, 0) is 19.1 Å². The second kappa shape index (κ2) is 12.9. The second-order valence-electron chi connectivity index (χ2n) is 2.98. The molecule has 0 spiro atoms. The van der Waals surface area contributed by atoms with Gasteiger partial charge in [-0.15, -0.1) is 0 Å². The molecule has 0 bridgehead atoms. The summed E-state index contributed by atoms with van der Waals surface area (Å²) in [7, 11) is 1.38. The van der Waals surface area contributed by atoms with Gasteiger partial charge in [-0.05, 0) is 6.42 Å². The zero-order valence-corrected chi connectivity index (χ0v) is 10.2. The van der Waals surface area contributed by atoms with Crippen LogP contribution >= 0.6 is 0 Å². The summed E-state index contributed by atoms with van der Waals surface area (Å²) in [5.41, 5.74) is 0. The lowest BCUT2D eigenvalue weighted by atomic mass is 10.3. The first kappa shape index (κ1) is 16.4. The molecule has 0 fully saturated rings. The average molecular weight is 218 g/mol. The van der Waals surface area contributed by atoms with Crippen molar-refractivity contribution in [2.45, 2.75) is 46.5 Å². The van der Waals surface area contributed by atoms with E-state index in [2.05, 4.69) is 11.7 Å². The summed E-state index contributed by atoms with van der Waals surface area (Å²) < 4.78 is 8.97. The first-order chi connectivity index (χ1) is 7.08. The zero-order chi connectivity index (χ0) is 12.1. The molecule has 0 amide bonds. The van der Waals surface area contributed by atoms with Gasteiger partial charge in [-0.1, -0.05) is 26.7 Å². The van der Waals surface area contributed by atoms with Crippen molar-refractivity contribution in [2.75, 3.05) is 13.7 Å². The maximum absolute atomic E-state index is 10.2. The molecule has 0 aromatic rings. The van der Waals surface area contributed by atoms with E-state index in [1.54, 1.807) is 6.92 Å². The highest BCUT2D eigenvalue weighted by atomic mass is 16.5. The van der Waals surface area contributed by atoms with Crippen molar-refractivity contribution in [3.05, 3.63) is 0 Å². The van der Waals surface area contributed by atoms with Gasteiger partial charge in [0.2, 0.25) is 0 Å². The summed E-state index contributed by atoms with van der Waals surface area (Å²) in [6, 6.07) is 0. The number of hydrogen-bond donors (Lipinski definition) is 0.